The highest BCUT2D eigenvalue weighted by molar-refractivity contribution is 9.10. The fraction of sp³-hybridized carbons (Fsp3) is 0.154. The van der Waals surface area contributed by atoms with Gasteiger partial charge in [-0.1, -0.05) is 28.1 Å². The van der Waals surface area contributed by atoms with Crippen molar-refractivity contribution in [2.45, 2.75) is 13.0 Å². The minimum absolute atomic E-state index is 0.0464. The molecule has 1 N–H and O–H groups in total. The molecular weight excluding hydrogens is 282 g/mol. The summed E-state index contributed by atoms with van der Waals surface area (Å²) >= 11 is 3.41. The van der Waals surface area contributed by atoms with Gasteiger partial charge >= 0.3 is 0 Å². The summed E-state index contributed by atoms with van der Waals surface area (Å²) in [6, 6.07) is 9.46. The van der Waals surface area contributed by atoms with Gasteiger partial charge in [0.15, 0.2) is 0 Å². The topological polar surface area (TPSA) is 42.2 Å². The smallest absolute Gasteiger partial charge is 0.255 e. The zero-order chi connectivity index (χ0) is 12.3. The van der Waals surface area contributed by atoms with Crippen LogP contribution in [-0.2, 0) is 0 Å². The van der Waals surface area contributed by atoms with Crippen LogP contribution < -0.4 is 5.32 Å². The third-order valence-corrected chi connectivity index (χ3v) is 2.97. The molecule has 1 atom stereocenters. The van der Waals surface area contributed by atoms with E-state index < -0.39 is 0 Å². The molecule has 0 unspecified atom stereocenters. The summed E-state index contributed by atoms with van der Waals surface area (Å²) in [5, 5.41) is 2.91. The van der Waals surface area contributed by atoms with Crippen molar-refractivity contribution >= 4 is 21.8 Å². The van der Waals surface area contributed by atoms with Gasteiger partial charge in [-0.15, -0.1) is 0 Å². The molecule has 0 bridgehead atoms. The van der Waals surface area contributed by atoms with E-state index in [1.165, 1.54) is 12.5 Å². The molecule has 0 saturated carbocycles. The lowest BCUT2D eigenvalue weighted by atomic mass is 10.1. The molecule has 0 fully saturated rings. The van der Waals surface area contributed by atoms with E-state index in [0.717, 1.165) is 10.0 Å². The minimum atomic E-state index is -0.133. The van der Waals surface area contributed by atoms with Gasteiger partial charge in [-0.2, -0.15) is 0 Å². The summed E-state index contributed by atoms with van der Waals surface area (Å²) in [5.74, 6) is -0.133. The first-order valence-corrected chi connectivity index (χ1v) is 6.04. The lowest BCUT2D eigenvalue weighted by Gasteiger charge is -2.13. The van der Waals surface area contributed by atoms with Crippen LogP contribution in [0.15, 0.2) is 51.7 Å². The van der Waals surface area contributed by atoms with E-state index in [2.05, 4.69) is 21.2 Å². The van der Waals surface area contributed by atoms with Crippen LogP contribution in [0.4, 0.5) is 0 Å². The summed E-state index contributed by atoms with van der Waals surface area (Å²) in [5.41, 5.74) is 1.59. The predicted molar refractivity (Wildman–Crippen MR) is 68.7 cm³/mol. The van der Waals surface area contributed by atoms with Crippen molar-refractivity contribution in [3.8, 4) is 0 Å². The third kappa shape index (κ3) is 2.97. The van der Waals surface area contributed by atoms with Crippen molar-refractivity contribution in [1.29, 1.82) is 0 Å². The van der Waals surface area contributed by atoms with Crippen molar-refractivity contribution < 1.29 is 9.21 Å². The van der Waals surface area contributed by atoms with Crippen molar-refractivity contribution in [3.63, 3.8) is 0 Å². The number of rotatable bonds is 3. The van der Waals surface area contributed by atoms with Gasteiger partial charge in [0.1, 0.15) is 6.26 Å². The molecule has 17 heavy (non-hydrogen) atoms. The average Bonchev–Trinajstić information content (AvgIpc) is 2.82. The highest BCUT2D eigenvalue weighted by Crippen LogP contribution is 2.18. The maximum atomic E-state index is 11.8. The second kappa shape index (κ2) is 5.19. The second-order valence-electron chi connectivity index (χ2n) is 3.76. The van der Waals surface area contributed by atoms with Gasteiger partial charge in [0.05, 0.1) is 17.9 Å². The molecule has 4 heteroatoms. The molecule has 0 spiro atoms. The normalized spacial score (nSPS) is 12.1. The van der Waals surface area contributed by atoms with Gasteiger partial charge in [-0.3, -0.25) is 4.79 Å². The monoisotopic (exact) mass is 293 g/mol. The molecule has 1 amide bonds. The predicted octanol–water partition coefficient (Wildman–Crippen LogP) is 3.53. The fourth-order valence-electron chi connectivity index (χ4n) is 1.53. The van der Waals surface area contributed by atoms with E-state index in [4.69, 9.17) is 4.42 Å². The van der Waals surface area contributed by atoms with Crippen molar-refractivity contribution in [2.75, 3.05) is 0 Å². The lowest BCUT2D eigenvalue weighted by Crippen LogP contribution is -2.26. The van der Waals surface area contributed by atoms with Crippen LogP contribution in [0.3, 0.4) is 0 Å². The Bertz CT molecular complexity index is 508. The van der Waals surface area contributed by atoms with Crippen LogP contribution in [-0.4, -0.2) is 5.91 Å². The van der Waals surface area contributed by atoms with E-state index in [1.807, 2.05) is 31.2 Å². The number of amides is 1. The molecule has 3 nitrogen and oxygen atoms in total. The lowest BCUT2D eigenvalue weighted by molar-refractivity contribution is 0.0939. The van der Waals surface area contributed by atoms with Gasteiger partial charge in [0, 0.05) is 4.47 Å². The molecule has 0 aliphatic carbocycles. The molecule has 0 aliphatic heterocycles. The van der Waals surface area contributed by atoms with Crippen LogP contribution in [0.25, 0.3) is 0 Å². The number of carbonyl (C=O) groups excluding carboxylic acids is 1. The highest BCUT2D eigenvalue weighted by Gasteiger charge is 2.12. The standard InChI is InChI=1S/C13H12BrNO2/c1-9(10-3-2-4-12(14)7-10)15-13(16)11-5-6-17-8-11/h2-9H,1H3,(H,15,16)/t9-/m1/s1. The van der Waals surface area contributed by atoms with E-state index >= 15 is 0 Å². The van der Waals surface area contributed by atoms with Gasteiger partial charge < -0.3 is 9.73 Å². The molecule has 0 radical (unpaired) electrons. The van der Waals surface area contributed by atoms with Crippen molar-refractivity contribution in [1.82, 2.24) is 5.32 Å². The first-order valence-electron chi connectivity index (χ1n) is 5.25. The first kappa shape index (κ1) is 11.9. The van der Waals surface area contributed by atoms with Crippen LogP contribution in [0.1, 0.15) is 28.9 Å². The molecule has 1 aromatic heterocycles. The molecule has 2 rings (SSSR count). The van der Waals surface area contributed by atoms with Crippen LogP contribution in [0.2, 0.25) is 0 Å². The minimum Gasteiger partial charge on any atom is -0.472 e. The van der Waals surface area contributed by atoms with E-state index in [0.29, 0.717) is 5.56 Å². The highest BCUT2D eigenvalue weighted by atomic mass is 79.9. The molecule has 0 aliphatic rings. The van der Waals surface area contributed by atoms with E-state index in [-0.39, 0.29) is 11.9 Å². The number of nitrogens with one attached hydrogen (secondary N) is 1. The number of furan rings is 1. The Hall–Kier alpha value is -1.55. The number of hydrogen-bond donors (Lipinski definition) is 1. The van der Waals surface area contributed by atoms with E-state index in [9.17, 15) is 4.79 Å². The summed E-state index contributed by atoms with van der Waals surface area (Å²) in [7, 11) is 0. The molecular formula is C13H12BrNO2. The number of hydrogen-bond acceptors (Lipinski definition) is 2. The maximum Gasteiger partial charge on any atom is 0.255 e. The number of benzene rings is 1. The maximum absolute atomic E-state index is 11.8. The zero-order valence-electron chi connectivity index (χ0n) is 9.31. The van der Waals surface area contributed by atoms with Gasteiger partial charge in [0.2, 0.25) is 0 Å². The van der Waals surface area contributed by atoms with Gasteiger partial charge in [-0.25, -0.2) is 0 Å². The molecule has 2 aromatic rings. The Morgan fingerprint density at radius 3 is 2.88 bits per heavy atom. The largest absolute Gasteiger partial charge is 0.472 e. The Morgan fingerprint density at radius 1 is 1.41 bits per heavy atom. The third-order valence-electron chi connectivity index (χ3n) is 2.48. The first-order chi connectivity index (χ1) is 8.16. The van der Waals surface area contributed by atoms with E-state index in [1.54, 1.807) is 6.07 Å². The summed E-state index contributed by atoms with van der Waals surface area (Å²) in [6.07, 6.45) is 2.92. The Balaban J connectivity index is 2.07. The molecule has 0 saturated heterocycles. The van der Waals surface area contributed by atoms with Gasteiger partial charge in [0.25, 0.3) is 5.91 Å². The quantitative estimate of drug-likeness (QED) is 0.941. The fourth-order valence-corrected chi connectivity index (χ4v) is 1.95. The molecule has 1 aromatic carbocycles. The molecule has 1 heterocycles. The zero-order valence-corrected chi connectivity index (χ0v) is 10.9. The van der Waals surface area contributed by atoms with Gasteiger partial charge in [-0.05, 0) is 30.7 Å². The Morgan fingerprint density at radius 2 is 2.24 bits per heavy atom. The number of carbonyl (C=O) groups is 1. The summed E-state index contributed by atoms with van der Waals surface area (Å²) in [6.45, 7) is 1.94. The average molecular weight is 294 g/mol. The Kier molecular flexibility index (Phi) is 3.64. The summed E-state index contributed by atoms with van der Waals surface area (Å²) in [4.78, 5) is 11.8. The van der Waals surface area contributed by atoms with Crippen molar-refractivity contribution in [2.24, 2.45) is 0 Å². The Labute approximate surface area is 108 Å². The SMILES string of the molecule is C[C@@H](NC(=O)c1ccoc1)c1cccc(Br)c1. The van der Waals surface area contributed by atoms with Crippen LogP contribution in [0.5, 0.6) is 0 Å². The van der Waals surface area contributed by atoms with Crippen LogP contribution >= 0.6 is 15.9 Å². The summed E-state index contributed by atoms with van der Waals surface area (Å²) < 4.78 is 5.87. The molecule has 88 valence electrons. The second-order valence-corrected chi connectivity index (χ2v) is 4.68. The van der Waals surface area contributed by atoms with Crippen molar-refractivity contribution in [3.05, 3.63) is 58.5 Å². The number of halogens is 1. The van der Waals surface area contributed by atoms with Crippen LogP contribution in [0, 0.1) is 0 Å².